The minimum absolute atomic E-state index is 0.278. The molecule has 1 rings (SSSR count). The van der Waals surface area contributed by atoms with Crippen LogP contribution in [0.3, 0.4) is 0 Å². The van der Waals surface area contributed by atoms with Crippen LogP contribution >= 0.6 is 0 Å². The van der Waals surface area contributed by atoms with E-state index < -0.39 is 5.60 Å². The van der Waals surface area contributed by atoms with Crippen LogP contribution in [0.15, 0.2) is 24.5 Å². The second-order valence-corrected chi connectivity index (χ2v) is 4.14. The zero-order chi connectivity index (χ0) is 10.6. The summed E-state index contributed by atoms with van der Waals surface area (Å²) < 4.78 is 0. The first-order valence-electron chi connectivity index (χ1n) is 5.20. The Morgan fingerprint density at radius 3 is 2.36 bits per heavy atom. The molecule has 0 amide bonds. The summed E-state index contributed by atoms with van der Waals surface area (Å²) in [6.07, 6.45) is 5.04. The Kier molecular flexibility index (Phi) is 3.64. The SMILES string of the molecule is CCC(O)(Cc1ccncc1)C(C)C. The topological polar surface area (TPSA) is 33.1 Å². The van der Waals surface area contributed by atoms with Crippen LogP contribution in [-0.2, 0) is 6.42 Å². The standard InChI is InChI=1S/C12H19NO/c1-4-12(14,10(2)3)9-11-5-7-13-8-6-11/h5-8,10,14H,4,9H2,1-3H3. The highest BCUT2D eigenvalue weighted by molar-refractivity contribution is 5.13. The predicted octanol–water partition coefficient (Wildman–Crippen LogP) is 2.42. The van der Waals surface area contributed by atoms with Gasteiger partial charge in [0.05, 0.1) is 5.60 Å². The van der Waals surface area contributed by atoms with Gasteiger partial charge in [-0.2, -0.15) is 0 Å². The molecule has 2 heteroatoms. The third-order valence-corrected chi connectivity index (χ3v) is 2.95. The van der Waals surface area contributed by atoms with Crippen LogP contribution in [0.5, 0.6) is 0 Å². The molecule has 0 aromatic carbocycles. The van der Waals surface area contributed by atoms with Gasteiger partial charge in [0.25, 0.3) is 0 Å². The van der Waals surface area contributed by atoms with E-state index in [0.717, 1.165) is 12.0 Å². The van der Waals surface area contributed by atoms with Crippen LogP contribution < -0.4 is 0 Å². The van der Waals surface area contributed by atoms with Gasteiger partial charge in [0.1, 0.15) is 0 Å². The van der Waals surface area contributed by atoms with Crippen LogP contribution in [0.2, 0.25) is 0 Å². The van der Waals surface area contributed by atoms with E-state index in [1.165, 1.54) is 0 Å². The summed E-state index contributed by atoms with van der Waals surface area (Å²) in [6, 6.07) is 3.92. The molecule has 78 valence electrons. The number of hydrogen-bond donors (Lipinski definition) is 1. The molecular weight excluding hydrogens is 174 g/mol. The van der Waals surface area contributed by atoms with E-state index in [9.17, 15) is 5.11 Å². The summed E-state index contributed by atoms with van der Waals surface area (Å²) in [5.74, 6) is 0.278. The van der Waals surface area contributed by atoms with E-state index in [4.69, 9.17) is 0 Å². The third kappa shape index (κ3) is 2.55. The fourth-order valence-corrected chi connectivity index (χ4v) is 1.59. The molecule has 0 aliphatic carbocycles. The summed E-state index contributed by atoms with van der Waals surface area (Å²) in [6.45, 7) is 6.15. The first kappa shape index (κ1) is 11.2. The first-order valence-corrected chi connectivity index (χ1v) is 5.20. The normalized spacial score (nSPS) is 15.5. The molecule has 1 heterocycles. The van der Waals surface area contributed by atoms with Crippen LogP contribution in [0.4, 0.5) is 0 Å². The molecule has 0 aliphatic heterocycles. The van der Waals surface area contributed by atoms with E-state index in [0.29, 0.717) is 6.42 Å². The van der Waals surface area contributed by atoms with Crippen molar-refractivity contribution in [2.45, 2.75) is 39.2 Å². The number of rotatable bonds is 4. The molecule has 0 spiro atoms. The van der Waals surface area contributed by atoms with Crippen molar-refractivity contribution in [1.29, 1.82) is 0 Å². The van der Waals surface area contributed by atoms with Gasteiger partial charge in [-0.1, -0.05) is 20.8 Å². The minimum Gasteiger partial charge on any atom is -0.389 e. The summed E-state index contributed by atoms with van der Waals surface area (Å²) in [5, 5.41) is 10.3. The summed E-state index contributed by atoms with van der Waals surface area (Å²) in [7, 11) is 0. The van der Waals surface area contributed by atoms with Gasteiger partial charge >= 0.3 is 0 Å². The smallest absolute Gasteiger partial charge is 0.0708 e. The molecule has 0 saturated carbocycles. The number of aliphatic hydroxyl groups is 1. The second-order valence-electron chi connectivity index (χ2n) is 4.14. The Morgan fingerprint density at radius 2 is 1.93 bits per heavy atom. The van der Waals surface area contributed by atoms with Crippen molar-refractivity contribution in [2.75, 3.05) is 0 Å². The molecule has 14 heavy (non-hydrogen) atoms. The summed E-state index contributed by atoms with van der Waals surface area (Å²) >= 11 is 0. The largest absolute Gasteiger partial charge is 0.389 e. The number of aromatic nitrogens is 1. The Hall–Kier alpha value is -0.890. The second kappa shape index (κ2) is 4.56. The highest BCUT2D eigenvalue weighted by Crippen LogP contribution is 2.25. The van der Waals surface area contributed by atoms with Crippen molar-refractivity contribution in [3.8, 4) is 0 Å². The van der Waals surface area contributed by atoms with Crippen molar-refractivity contribution < 1.29 is 5.11 Å². The van der Waals surface area contributed by atoms with Gasteiger partial charge in [-0.3, -0.25) is 4.98 Å². The maximum Gasteiger partial charge on any atom is 0.0708 e. The number of nitrogens with zero attached hydrogens (tertiary/aromatic N) is 1. The number of hydrogen-bond acceptors (Lipinski definition) is 2. The molecule has 1 aromatic heterocycles. The molecule has 0 saturated heterocycles. The predicted molar refractivity (Wildman–Crippen MR) is 58.0 cm³/mol. The zero-order valence-corrected chi connectivity index (χ0v) is 9.20. The van der Waals surface area contributed by atoms with Gasteiger partial charge in [-0.05, 0) is 30.0 Å². The average molecular weight is 193 g/mol. The fraction of sp³-hybridized carbons (Fsp3) is 0.583. The fourth-order valence-electron chi connectivity index (χ4n) is 1.59. The third-order valence-electron chi connectivity index (χ3n) is 2.95. The molecule has 0 aliphatic rings. The van der Waals surface area contributed by atoms with Crippen LogP contribution in [0.25, 0.3) is 0 Å². The molecule has 0 radical (unpaired) electrons. The van der Waals surface area contributed by atoms with E-state index in [2.05, 4.69) is 18.8 Å². The lowest BCUT2D eigenvalue weighted by atomic mass is 9.82. The Balaban J connectivity index is 2.76. The summed E-state index contributed by atoms with van der Waals surface area (Å²) in [5.41, 5.74) is 0.569. The lowest BCUT2D eigenvalue weighted by Gasteiger charge is -2.31. The highest BCUT2D eigenvalue weighted by Gasteiger charge is 2.28. The maximum absolute atomic E-state index is 10.3. The van der Waals surface area contributed by atoms with E-state index in [1.54, 1.807) is 12.4 Å². The molecule has 1 unspecified atom stereocenters. The van der Waals surface area contributed by atoms with Crippen molar-refractivity contribution >= 4 is 0 Å². The quantitative estimate of drug-likeness (QED) is 0.796. The molecule has 1 N–H and O–H groups in total. The van der Waals surface area contributed by atoms with Crippen LogP contribution in [-0.4, -0.2) is 15.7 Å². The lowest BCUT2D eigenvalue weighted by molar-refractivity contribution is -0.00829. The highest BCUT2D eigenvalue weighted by atomic mass is 16.3. The Bertz CT molecular complexity index is 271. The van der Waals surface area contributed by atoms with E-state index in [-0.39, 0.29) is 5.92 Å². The average Bonchev–Trinajstić information content (AvgIpc) is 2.19. The zero-order valence-electron chi connectivity index (χ0n) is 9.20. The van der Waals surface area contributed by atoms with E-state index in [1.807, 2.05) is 19.1 Å². The van der Waals surface area contributed by atoms with Gasteiger partial charge < -0.3 is 5.11 Å². The minimum atomic E-state index is -0.582. The van der Waals surface area contributed by atoms with Gasteiger partial charge in [-0.15, -0.1) is 0 Å². The molecular formula is C12H19NO. The maximum atomic E-state index is 10.3. The van der Waals surface area contributed by atoms with Crippen molar-refractivity contribution in [3.63, 3.8) is 0 Å². The van der Waals surface area contributed by atoms with Gasteiger partial charge in [0.15, 0.2) is 0 Å². The first-order chi connectivity index (χ1) is 6.58. The molecule has 2 nitrogen and oxygen atoms in total. The number of pyridine rings is 1. The Labute approximate surface area is 86.0 Å². The molecule has 0 bridgehead atoms. The van der Waals surface area contributed by atoms with E-state index >= 15 is 0 Å². The summed E-state index contributed by atoms with van der Waals surface area (Å²) in [4.78, 5) is 3.96. The monoisotopic (exact) mass is 193 g/mol. The lowest BCUT2D eigenvalue weighted by Crippen LogP contribution is -2.36. The van der Waals surface area contributed by atoms with Gasteiger partial charge in [0.2, 0.25) is 0 Å². The van der Waals surface area contributed by atoms with Gasteiger partial charge in [-0.25, -0.2) is 0 Å². The van der Waals surface area contributed by atoms with Crippen molar-refractivity contribution in [3.05, 3.63) is 30.1 Å². The van der Waals surface area contributed by atoms with Gasteiger partial charge in [0, 0.05) is 18.8 Å². The van der Waals surface area contributed by atoms with Crippen molar-refractivity contribution in [2.24, 2.45) is 5.92 Å². The van der Waals surface area contributed by atoms with Crippen LogP contribution in [0.1, 0.15) is 32.8 Å². The Morgan fingerprint density at radius 1 is 1.36 bits per heavy atom. The van der Waals surface area contributed by atoms with Crippen molar-refractivity contribution in [1.82, 2.24) is 4.98 Å². The molecule has 1 atom stereocenters. The molecule has 0 fully saturated rings. The molecule has 1 aromatic rings. The van der Waals surface area contributed by atoms with Crippen LogP contribution in [0, 0.1) is 5.92 Å².